The maximum atomic E-state index is 2.72. The Labute approximate surface area is 249 Å². The molecule has 0 unspecified atom stereocenters. The Morgan fingerprint density at radius 3 is 1.08 bits per heavy atom. The molecule has 0 saturated carbocycles. The van der Waals surface area contributed by atoms with Gasteiger partial charge in [0.25, 0.3) is 0 Å². The standard InChI is InChI=1S/2C15H23.C8H7.Bi/c2*1-10(2)13-7-14(11(3)4)9-15(8-13)12(5)6;1-2-8-6-4-3-5-7-8;/h2*7-8,10-12H,1-6H3;1-7H;. The molecule has 0 spiro atoms. The summed E-state index contributed by atoms with van der Waals surface area (Å²) < 4.78 is 6.18. The van der Waals surface area contributed by atoms with Gasteiger partial charge in [-0.05, 0) is 0 Å². The van der Waals surface area contributed by atoms with Crippen molar-refractivity contribution in [2.75, 3.05) is 0 Å². The van der Waals surface area contributed by atoms with Gasteiger partial charge < -0.3 is 0 Å². The molecular formula is C38H53Bi. The van der Waals surface area contributed by atoms with E-state index in [1.807, 2.05) is 0 Å². The van der Waals surface area contributed by atoms with E-state index < -0.39 is 21.8 Å². The molecule has 3 rings (SSSR count). The molecule has 0 nitrogen and oxygen atoms in total. The number of hydrogen-bond donors (Lipinski definition) is 0. The van der Waals surface area contributed by atoms with E-state index in [4.69, 9.17) is 0 Å². The fourth-order valence-corrected chi connectivity index (χ4v) is 18.0. The third kappa shape index (κ3) is 7.52. The molecule has 0 aliphatic heterocycles. The molecule has 0 heterocycles. The van der Waals surface area contributed by atoms with E-state index in [0.29, 0.717) is 35.5 Å². The molecule has 0 radical (unpaired) electrons. The van der Waals surface area contributed by atoms with Crippen LogP contribution < -0.4 is 6.54 Å². The third-order valence-corrected chi connectivity index (χ3v) is 17.4. The summed E-state index contributed by atoms with van der Waals surface area (Å²) >= 11 is -2.71. The summed E-state index contributed by atoms with van der Waals surface area (Å²) in [5, 5.41) is 0. The van der Waals surface area contributed by atoms with Gasteiger partial charge >= 0.3 is 250 Å². The van der Waals surface area contributed by atoms with Gasteiger partial charge in [-0.3, -0.25) is 0 Å². The monoisotopic (exact) mass is 718 g/mol. The molecule has 0 aliphatic carbocycles. The first-order chi connectivity index (χ1) is 18.3. The number of rotatable bonds is 10. The van der Waals surface area contributed by atoms with Crippen LogP contribution >= 0.6 is 0 Å². The molecule has 0 fully saturated rings. The summed E-state index contributed by atoms with van der Waals surface area (Å²) in [4.78, 5) is 0. The fourth-order valence-electron chi connectivity index (χ4n) is 5.38. The van der Waals surface area contributed by atoms with Crippen molar-refractivity contribution >= 4 is 34.4 Å². The van der Waals surface area contributed by atoms with Gasteiger partial charge in [0.2, 0.25) is 0 Å². The second-order valence-electron chi connectivity index (χ2n) is 13.1. The Morgan fingerprint density at radius 2 is 0.795 bits per heavy atom. The third-order valence-electron chi connectivity index (χ3n) is 7.90. The molecule has 39 heavy (non-hydrogen) atoms. The van der Waals surface area contributed by atoms with Gasteiger partial charge in [-0.25, -0.2) is 0 Å². The minimum atomic E-state index is -2.71. The van der Waals surface area contributed by atoms with Crippen LogP contribution in [0, 0.1) is 0 Å². The molecule has 1 heteroatoms. The molecular weight excluding hydrogens is 665 g/mol. The summed E-state index contributed by atoms with van der Waals surface area (Å²) in [7, 11) is 0. The van der Waals surface area contributed by atoms with Crippen LogP contribution in [0.4, 0.5) is 0 Å². The van der Waals surface area contributed by atoms with Gasteiger partial charge in [-0.15, -0.1) is 0 Å². The summed E-state index contributed by atoms with van der Waals surface area (Å²) in [5.74, 6) is 3.06. The quantitative estimate of drug-likeness (QED) is 0.183. The van der Waals surface area contributed by atoms with E-state index in [9.17, 15) is 0 Å². The van der Waals surface area contributed by atoms with Crippen molar-refractivity contribution in [1.29, 1.82) is 0 Å². The first kappa shape index (κ1) is 31.8. The zero-order valence-corrected chi connectivity index (χ0v) is 30.2. The molecule has 3 aromatic rings. The van der Waals surface area contributed by atoms with Crippen LogP contribution in [0.5, 0.6) is 0 Å². The Morgan fingerprint density at radius 1 is 0.462 bits per heavy atom. The van der Waals surface area contributed by atoms with Crippen molar-refractivity contribution in [1.82, 2.24) is 0 Å². The van der Waals surface area contributed by atoms with E-state index in [1.165, 1.54) is 16.7 Å². The minimum absolute atomic E-state index is 0.499. The first-order valence-electron chi connectivity index (χ1n) is 15.2. The predicted molar refractivity (Wildman–Crippen MR) is 178 cm³/mol. The van der Waals surface area contributed by atoms with Gasteiger partial charge in [0.05, 0.1) is 0 Å². The summed E-state index contributed by atoms with van der Waals surface area (Å²) in [6.45, 7) is 28.6. The summed E-state index contributed by atoms with van der Waals surface area (Å²) in [6.07, 6.45) is 2.45. The van der Waals surface area contributed by atoms with Crippen LogP contribution in [-0.4, -0.2) is 21.8 Å². The Bertz CT molecular complexity index is 1120. The Kier molecular flexibility index (Phi) is 11.2. The SMILES string of the molecule is CC(C)c1cc(C(C)C)[c]([Bi](/[CH]=C/c2ccccc2)[c]2c(C(C)C)cc(C(C)C)cc2C(C)C)c(C(C)C)c1. The fraction of sp³-hybridized carbons (Fsp3) is 0.474. The normalized spacial score (nSPS) is 12.6. The molecule has 3 aromatic carbocycles. The molecule has 0 atom stereocenters. The molecule has 210 valence electrons. The van der Waals surface area contributed by atoms with Crippen molar-refractivity contribution in [3.63, 3.8) is 0 Å². The van der Waals surface area contributed by atoms with E-state index in [2.05, 4.69) is 148 Å². The summed E-state index contributed by atoms with van der Waals surface area (Å²) in [5.41, 5.74) is 10.7. The van der Waals surface area contributed by atoms with E-state index in [1.54, 1.807) is 28.8 Å². The molecule has 0 bridgehead atoms. The van der Waals surface area contributed by atoms with Gasteiger partial charge in [0.1, 0.15) is 0 Å². The van der Waals surface area contributed by atoms with Gasteiger partial charge in [0, 0.05) is 0 Å². The molecule has 0 saturated heterocycles. The molecule has 0 aromatic heterocycles. The zero-order chi connectivity index (χ0) is 29.0. The van der Waals surface area contributed by atoms with Gasteiger partial charge in [0.15, 0.2) is 0 Å². The summed E-state index contributed by atoms with van der Waals surface area (Å²) in [6, 6.07) is 21.2. The Hall–Kier alpha value is -1.72. The van der Waals surface area contributed by atoms with Crippen LogP contribution in [0.15, 0.2) is 58.4 Å². The molecule has 0 aliphatic rings. The van der Waals surface area contributed by atoms with Crippen molar-refractivity contribution < 1.29 is 0 Å². The maximum absolute atomic E-state index is 2.72. The molecule has 0 amide bonds. The van der Waals surface area contributed by atoms with Crippen LogP contribution in [-0.2, 0) is 0 Å². The average Bonchev–Trinajstić information content (AvgIpc) is 2.88. The van der Waals surface area contributed by atoms with E-state index in [-0.39, 0.29) is 0 Å². The predicted octanol–water partition coefficient (Wildman–Crippen LogP) is 10.3. The Balaban J connectivity index is 2.52. The second kappa shape index (κ2) is 13.8. The van der Waals surface area contributed by atoms with Crippen molar-refractivity contribution in [3.05, 3.63) is 97.3 Å². The van der Waals surface area contributed by atoms with Gasteiger partial charge in [-0.1, -0.05) is 0 Å². The van der Waals surface area contributed by atoms with Crippen LogP contribution in [0.1, 0.15) is 158 Å². The van der Waals surface area contributed by atoms with Crippen LogP contribution in [0.3, 0.4) is 0 Å². The van der Waals surface area contributed by atoms with Crippen molar-refractivity contribution in [2.45, 2.75) is 119 Å². The average molecular weight is 719 g/mol. The van der Waals surface area contributed by atoms with Crippen LogP contribution in [0.2, 0.25) is 0 Å². The van der Waals surface area contributed by atoms with E-state index in [0.717, 1.165) is 0 Å². The van der Waals surface area contributed by atoms with Gasteiger partial charge in [-0.2, -0.15) is 0 Å². The topological polar surface area (TPSA) is 0 Å². The number of benzene rings is 3. The first-order valence-corrected chi connectivity index (χ1v) is 20.7. The number of hydrogen-bond acceptors (Lipinski definition) is 0. The van der Waals surface area contributed by atoms with Crippen molar-refractivity contribution in [2.24, 2.45) is 0 Å². The molecule has 0 N–H and O–H groups in total. The van der Waals surface area contributed by atoms with E-state index >= 15 is 0 Å². The van der Waals surface area contributed by atoms with Crippen molar-refractivity contribution in [3.8, 4) is 0 Å². The van der Waals surface area contributed by atoms with Crippen LogP contribution in [0.25, 0.3) is 6.08 Å². The second-order valence-corrected chi connectivity index (χ2v) is 20.6. The zero-order valence-electron chi connectivity index (χ0n) is 26.8.